The average molecular weight is 426 g/mol. The largest absolute Gasteiger partial charge is 0.497 e. The Morgan fingerprint density at radius 1 is 0.867 bits per heavy atom. The number of aryl methyl sites for hydroxylation is 1. The number of anilines is 2. The van der Waals surface area contributed by atoms with Crippen LogP contribution in [0, 0.1) is 6.92 Å². The molecule has 0 atom stereocenters. The zero-order valence-corrected chi connectivity index (χ0v) is 17.6. The van der Waals surface area contributed by atoms with E-state index in [0.29, 0.717) is 28.4 Å². The lowest BCUT2D eigenvalue weighted by Crippen LogP contribution is -2.14. The van der Waals surface area contributed by atoms with Gasteiger partial charge in [-0.05, 0) is 55.5 Å². The molecule has 3 aromatic rings. The number of benzene rings is 3. The van der Waals surface area contributed by atoms with Gasteiger partial charge in [0.2, 0.25) is 0 Å². The summed E-state index contributed by atoms with van der Waals surface area (Å²) in [7, 11) is -0.664. The molecule has 0 aliphatic heterocycles. The lowest BCUT2D eigenvalue weighted by atomic mass is 10.2. The monoisotopic (exact) mass is 426 g/mol. The van der Waals surface area contributed by atoms with Crippen LogP contribution in [0.2, 0.25) is 0 Å². The van der Waals surface area contributed by atoms with Crippen molar-refractivity contribution in [2.24, 2.45) is 0 Å². The normalized spacial score (nSPS) is 10.9. The number of methoxy groups -OCH3 is 2. The molecule has 0 fully saturated rings. The van der Waals surface area contributed by atoms with E-state index in [4.69, 9.17) is 9.47 Å². The number of hydrogen-bond donors (Lipinski definition) is 2. The van der Waals surface area contributed by atoms with E-state index in [9.17, 15) is 13.2 Å². The smallest absolute Gasteiger partial charge is 0.261 e. The van der Waals surface area contributed by atoms with Crippen LogP contribution in [0.25, 0.3) is 0 Å². The quantitative estimate of drug-likeness (QED) is 0.594. The van der Waals surface area contributed by atoms with Gasteiger partial charge in [0.15, 0.2) is 0 Å². The topological polar surface area (TPSA) is 93.7 Å². The summed E-state index contributed by atoms with van der Waals surface area (Å²) in [5.74, 6) is 0.714. The Kier molecular flexibility index (Phi) is 6.27. The Morgan fingerprint density at radius 3 is 2.13 bits per heavy atom. The van der Waals surface area contributed by atoms with Gasteiger partial charge in [-0.25, -0.2) is 8.42 Å². The molecule has 8 heteroatoms. The Hall–Kier alpha value is -3.52. The molecule has 0 heterocycles. The van der Waals surface area contributed by atoms with Gasteiger partial charge in [-0.1, -0.05) is 17.7 Å². The molecule has 2 N–H and O–H groups in total. The molecule has 3 aromatic carbocycles. The molecule has 0 unspecified atom stereocenters. The van der Waals surface area contributed by atoms with Crippen LogP contribution >= 0.6 is 0 Å². The van der Waals surface area contributed by atoms with Crippen molar-refractivity contribution in [1.29, 1.82) is 0 Å². The molecule has 0 saturated heterocycles. The second-order valence-corrected chi connectivity index (χ2v) is 8.20. The second kappa shape index (κ2) is 8.87. The minimum Gasteiger partial charge on any atom is -0.497 e. The molecule has 1 amide bonds. The summed E-state index contributed by atoms with van der Waals surface area (Å²) in [5, 5.41) is 2.77. The zero-order chi connectivity index (χ0) is 21.7. The maximum absolute atomic E-state index is 12.6. The molecular weight excluding hydrogens is 404 g/mol. The van der Waals surface area contributed by atoms with Crippen molar-refractivity contribution in [3.8, 4) is 11.5 Å². The molecule has 7 nitrogen and oxygen atoms in total. The van der Waals surface area contributed by atoms with Crippen LogP contribution in [0.3, 0.4) is 0 Å². The Morgan fingerprint density at radius 2 is 1.53 bits per heavy atom. The first-order chi connectivity index (χ1) is 14.3. The van der Waals surface area contributed by atoms with E-state index in [1.165, 1.54) is 19.2 Å². The average Bonchev–Trinajstić information content (AvgIpc) is 2.74. The molecule has 0 aromatic heterocycles. The third kappa shape index (κ3) is 4.90. The molecular formula is C22H22N2O5S. The molecule has 156 valence electrons. The third-order valence-corrected chi connectivity index (χ3v) is 5.78. The Labute approximate surface area is 175 Å². The van der Waals surface area contributed by atoms with Crippen LogP contribution < -0.4 is 19.5 Å². The van der Waals surface area contributed by atoms with Crippen molar-refractivity contribution in [3.63, 3.8) is 0 Å². The number of nitrogens with one attached hydrogen (secondary N) is 2. The number of ether oxygens (including phenoxy) is 2. The fourth-order valence-electron chi connectivity index (χ4n) is 2.72. The summed E-state index contributed by atoms with van der Waals surface area (Å²) in [5.41, 5.74) is 2.19. The van der Waals surface area contributed by atoms with E-state index >= 15 is 0 Å². The maximum atomic E-state index is 12.6. The standard InChI is InChI=1S/C22H22N2O5S/c1-15-4-11-19(12-5-15)30(26,27)24-17-8-6-16(7-9-17)22(25)23-20-13-10-18(28-2)14-21(20)29-3/h4-14,24H,1-3H3,(H,23,25). The van der Waals surface area contributed by atoms with Gasteiger partial charge < -0.3 is 14.8 Å². The second-order valence-electron chi connectivity index (χ2n) is 6.52. The highest BCUT2D eigenvalue weighted by atomic mass is 32.2. The maximum Gasteiger partial charge on any atom is 0.261 e. The van der Waals surface area contributed by atoms with E-state index in [0.717, 1.165) is 5.56 Å². The van der Waals surface area contributed by atoms with Gasteiger partial charge in [-0.2, -0.15) is 0 Å². The van der Waals surface area contributed by atoms with Gasteiger partial charge in [0.05, 0.1) is 24.8 Å². The summed E-state index contributed by atoms with van der Waals surface area (Å²) >= 11 is 0. The Balaban J connectivity index is 1.72. The van der Waals surface area contributed by atoms with Gasteiger partial charge >= 0.3 is 0 Å². The zero-order valence-electron chi connectivity index (χ0n) is 16.8. The van der Waals surface area contributed by atoms with E-state index < -0.39 is 10.0 Å². The fourth-order valence-corrected chi connectivity index (χ4v) is 3.78. The summed E-state index contributed by atoms with van der Waals surface area (Å²) in [6.45, 7) is 1.88. The Bertz CT molecular complexity index is 1140. The predicted octanol–water partition coefficient (Wildman–Crippen LogP) is 4.07. The summed E-state index contributed by atoms with van der Waals surface area (Å²) in [4.78, 5) is 12.7. The minimum atomic E-state index is -3.71. The molecule has 0 spiro atoms. The van der Waals surface area contributed by atoms with Gasteiger partial charge in [0.1, 0.15) is 11.5 Å². The highest BCUT2D eigenvalue weighted by Crippen LogP contribution is 2.29. The third-order valence-electron chi connectivity index (χ3n) is 4.39. The first kappa shape index (κ1) is 21.2. The molecule has 0 saturated carbocycles. The molecule has 0 aliphatic carbocycles. The van der Waals surface area contributed by atoms with Crippen molar-refractivity contribution in [1.82, 2.24) is 0 Å². The first-order valence-corrected chi connectivity index (χ1v) is 10.5. The lowest BCUT2D eigenvalue weighted by molar-refractivity contribution is 0.102. The first-order valence-electron chi connectivity index (χ1n) is 9.05. The summed E-state index contributed by atoms with van der Waals surface area (Å²) in [6, 6.07) is 17.8. The van der Waals surface area contributed by atoms with Gasteiger partial charge in [-0.3, -0.25) is 9.52 Å². The van der Waals surface area contributed by atoms with Crippen LogP contribution in [-0.4, -0.2) is 28.5 Å². The fraction of sp³-hybridized carbons (Fsp3) is 0.136. The molecule has 0 radical (unpaired) electrons. The van der Waals surface area contributed by atoms with E-state index in [1.54, 1.807) is 61.7 Å². The van der Waals surface area contributed by atoms with Crippen molar-refractivity contribution in [2.45, 2.75) is 11.8 Å². The SMILES string of the molecule is COc1ccc(NC(=O)c2ccc(NS(=O)(=O)c3ccc(C)cc3)cc2)c(OC)c1. The lowest BCUT2D eigenvalue weighted by Gasteiger charge is -2.12. The number of amides is 1. The number of rotatable bonds is 7. The highest BCUT2D eigenvalue weighted by molar-refractivity contribution is 7.92. The molecule has 0 aliphatic rings. The van der Waals surface area contributed by atoms with Crippen molar-refractivity contribution >= 4 is 27.3 Å². The molecule has 0 bridgehead atoms. The minimum absolute atomic E-state index is 0.168. The highest BCUT2D eigenvalue weighted by Gasteiger charge is 2.15. The van der Waals surface area contributed by atoms with Crippen LogP contribution in [-0.2, 0) is 10.0 Å². The van der Waals surface area contributed by atoms with Gasteiger partial charge in [-0.15, -0.1) is 0 Å². The number of carbonyl (C=O) groups excluding carboxylic acids is 1. The number of hydrogen-bond acceptors (Lipinski definition) is 5. The van der Waals surface area contributed by atoms with Crippen molar-refractivity contribution < 1.29 is 22.7 Å². The van der Waals surface area contributed by atoms with Gasteiger partial charge in [0.25, 0.3) is 15.9 Å². The molecule has 30 heavy (non-hydrogen) atoms. The van der Waals surface area contributed by atoms with E-state index in [-0.39, 0.29) is 10.8 Å². The van der Waals surface area contributed by atoms with Crippen molar-refractivity contribution in [2.75, 3.05) is 24.3 Å². The summed E-state index contributed by atoms with van der Waals surface area (Å²) in [6.07, 6.45) is 0. The number of carbonyl (C=O) groups is 1. The van der Waals surface area contributed by atoms with Crippen molar-refractivity contribution in [3.05, 3.63) is 77.9 Å². The van der Waals surface area contributed by atoms with Crippen LogP contribution in [0.1, 0.15) is 15.9 Å². The van der Waals surface area contributed by atoms with Crippen LogP contribution in [0.4, 0.5) is 11.4 Å². The van der Waals surface area contributed by atoms with Crippen LogP contribution in [0.5, 0.6) is 11.5 Å². The summed E-state index contributed by atoms with van der Waals surface area (Å²) < 4.78 is 37.9. The van der Waals surface area contributed by atoms with E-state index in [2.05, 4.69) is 10.0 Å². The number of sulfonamides is 1. The van der Waals surface area contributed by atoms with Crippen LogP contribution in [0.15, 0.2) is 71.6 Å². The van der Waals surface area contributed by atoms with E-state index in [1.807, 2.05) is 6.92 Å². The van der Waals surface area contributed by atoms with Gasteiger partial charge in [0, 0.05) is 17.3 Å². The molecule has 3 rings (SSSR count). The predicted molar refractivity (Wildman–Crippen MR) is 116 cm³/mol.